The van der Waals surface area contributed by atoms with Crippen LogP contribution in [-0.4, -0.2) is 45.0 Å². The molecule has 2 heterocycles. The Morgan fingerprint density at radius 2 is 2.29 bits per heavy atom. The summed E-state index contributed by atoms with van der Waals surface area (Å²) in [4.78, 5) is 0. The van der Waals surface area contributed by atoms with Gasteiger partial charge in [-0.1, -0.05) is 0 Å². The third kappa shape index (κ3) is 1.54. The van der Waals surface area contributed by atoms with Gasteiger partial charge in [-0.15, -0.1) is 0 Å². The first kappa shape index (κ1) is 10.6. The van der Waals surface area contributed by atoms with Gasteiger partial charge in [-0.2, -0.15) is 0 Å². The van der Waals surface area contributed by atoms with Crippen molar-refractivity contribution in [2.24, 2.45) is 0 Å². The van der Waals surface area contributed by atoms with Gasteiger partial charge in [0.2, 0.25) is 0 Å². The van der Waals surface area contributed by atoms with Crippen LogP contribution in [0.4, 0.5) is 4.39 Å². The van der Waals surface area contributed by atoms with E-state index < -0.39 is 31.5 Å². The molecule has 0 aliphatic carbocycles. The Morgan fingerprint density at radius 1 is 1.64 bits per heavy atom. The van der Waals surface area contributed by atoms with Gasteiger partial charge in [-0.25, -0.2) is 4.39 Å². The van der Waals surface area contributed by atoms with Crippen LogP contribution in [0.25, 0.3) is 0 Å². The number of alkyl halides is 1. The highest BCUT2D eigenvalue weighted by molar-refractivity contribution is 7.53. The van der Waals surface area contributed by atoms with Crippen molar-refractivity contribution in [2.45, 2.75) is 30.8 Å². The first-order valence-corrected chi connectivity index (χ1v) is 6.32. The van der Waals surface area contributed by atoms with Crippen LogP contribution >= 0.6 is 7.60 Å². The van der Waals surface area contributed by atoms with E-state index in [1.165, 1.54) is 13.6 Å². The SMILES string of the molecule is [B][C@@H]1O[C@@H]2COP(C)(=O)O[C@H]2[C@@]1(C)F. The predicted octanol–water partition coefficient (Wildman–Crippen LogP) is 0.846. The smallest absolute Gasteiger partial charge is 0.328 e. The summed E-state index contributed by atoms with van der Waals surface area (Å²) < 4.78 is 40.4. The van der Waals surface area contributed by atoms with Gasteiger partial charge in [0.25, 0.3) is 0 Å². The lowest BCUT2D eigenvalue weighted by Gasteiger charge is -2.33. The third-order valence-corrected chi connectivity index (χ3v) is 3.78. The summed E-state index contributed by atoms with van der Waals surface area (Å²) in [5.74, 6) is 0. The van der Waals surface area contributed by atoms with Crippen LogP contribution in [0.1, 0.15) is 6.92 Å². The van der Waals surface area contributed by atoms with E-state index in [1.807, 2.05) is 0 Å². The molecule has 2 aliphatic heterocycles. The fraction of sp³-hybridized carbons (Fsp3) is 1.00. The Kier molecular flexibility index (Phi) is 2.31. The molecule has 0 aromatic rings. The first-order chi connectivity index (χ1) is 6.33. The zero-order chi connectivity index (χ0) is 10.6. The highest BCUT2D eigenvalue weighted by Crippen LogP contribution is 2.54. The van der Waals surface area contributed by atoms with Crippen LogP contribution in [0.15, 0.2) is 0 Å². The van der Waals surface area contributed by atoms with Crippen molar-refractivity contribution in [3.63, 3.8) is 0 Å². The standard InChI is InChI=1S/C7H11BFO4P/c1-7(9)5-4(12-6(7)8)3-11-14(2,10)13-5/h4-6H,3H2,1-2H3/t4-,5-,6-,7-,14?/m1/s1. The maximum atomic E-state index is 13.9. The molecule has 0 saturated carbocycles. The molecule has 7 heteroatoms. The molecule has 5 atom stereocenters. The maximum Gasteiger partial charge on any atom is 0.328 e. The normalized spacial score (nSPS) is 58.4. The predicted molar refractivity (Wildman–Crippen MR) is 48.3 cm³/mol. The maximum absolute atomic E-state index is 13.9. The molecular weight excluding hydrogens is 209 g/mol. The van der Waals surface area contributed by atoms with Gasteiger partial charge in [-0.05, 0) is 6.92 Å². The molecule has 4 nitrogen and oxygen atoms in total. The zero-order valence-corrected chi connectivity index (χ0v) is 8.87. The fourth-order valence-electron chi connectivity index (χ4n) is 1.66. The van der Waals surface area contributed by atoms with Crippen molar-refractivity contribution in [3.8, 4) is 0 Å². The lowest BCUT2D eigenvalue weighted by Crippen LogP contribution is -2.45. The quantitative estimate of drug-likeness (QED) is 0.448. The minimum Gasteiger partial charge on any atom is -0.376 e. The minimum absolute atomic E-state index is 0.0612. The molecule has 0 aromatic heterocycles. The summed E-state index contributed by atoms with van der Waals surface area (Å²) in [5.41, 5.74) is -1.82. The van der Waals surface area contributed by atoms with Crippen LogP contribution in [0.5, 0.6) is 0 Å². The molecule has 2 fully saturated rings. The van der Waals surface area contributed by atoms with E-state index in [9.17, 15) is 8.96 Å². The van der Waals surface area contributed by atoms with Crippen molar-refractivity contribution in [2.75, 3.05) is 13.3 Å². The molecule has 0 bridgehead atoms. The number of hydrogen-bond acceptors (Lipinski definition) is 4. The second-order valence-corrected chi connectivity index (χ2v) is 5.85. The van der Waals surface area contributed by atoms with Crippen molar-refractivity contribution in [1.82, 2.24) is 0 Å². The topological polar surface area (TPSA) is 44.8 Å². The van der Waals surface area contributed by atoms with Crippen molar-refractivity contribution in [1.29, 1.82) is 0 Å². The molecule has 14 heavy (non-hydrogen) atoms. The summed E-state index contributed by atoms with van der Waals surface area (Å²) in [5, 5.41) is 0. The second-order valence-electron chi connectivity index (χ2n) is 3.84. The van der Waals surface area contributed by atoms with E-state index in [4.69, 9.17) is 21.6 Å². The number of fused-ring (bicyclic) bond motifs is 1. The summed E-state index contributed by atoms with van der Waals surface area (Å²) in [6.45, 7) is 2.66. The molecule has 0 aromatic carbocycles. The van der Waals surface area contributed by atoms with E-state index in [2.05, 4.69) is 0 Å². The largest absolute Gasteiger partial charge is 0.376 e. The molecule has 78 valence electrons. The highest BCUT2D eigenvalue weighted by atomic mass is 31.2. The number of rotatable bonds is 0. The van der Waals surface area contributed by atoms with Crippen LogP contribution in [-0.2, 0) is 18.3 Å². The van der Waals surface area contributed by atoms with Gasteiger partial charge in [-0.3, -0.25) is 9.09 Å². The molecule has 1 unspecified atom stereocenters. The van der Waals surface area contributed by atoms with Gasteiger partial charge >= 0.3 is 7.60 Å². The Balaban J connectivity index is 2.23. The molecule has 2 saturated heterocycles. The summed E-state index contributed by atoms with van der Waals surface area (Å²) in [7, 11) is 2.30. The Hall–Kier alpha value is 0.105. The van der Waals surface area contributed by atoms with Crippen LogP contribution < -0.4 is 0 Å². The van der Waals surface area contributed by atoms with E-state index in [0.717, 1.165) is 0 Å². The molecule has 2 radical (unpaired) electrons. The van der Waals surface area contributed by atoms with E-state index in [1.54, 1.807) is 0 Å². The molecule has 0 amide bonds. The van der Waals surface area contributed by atoms with E-state index in [0.29, 0.717) is 0 Å². The van der Waals surface area contributed by atoms with Gasteiger partial charge in [0.05, 0.1) is 12.6 Å². The molecule has 2 rings (SSSR count). The Morgan fingerprint density at radius 3 is 2.93 bits per heavy atom. The monoisotopic (exact) mass is 220 g/mol. The van der Waals surface area contributed by atoms with Gasteiger partial charge in [0.1, 0.15) is 20.1 Å². The number of halogens is 1. The molecule has 2 aliphatic rings. The molecule has 0 N–H and O–H groups in total. The fourth-order valence-corrected chi connectivity index (χ4v) is 2.89. The van der Waals surface area contributed by atoms with Gasteiger partial charge < -0.3 is 9.26 Å². The summed E-state index contributed by atoms with van der Waals surface area (Å²) in [6.07, 6.45) is -1.47. The molecule has 0 spiro atoms. The lowest BCUT2D eigenvalue weighted by atomic mass is 9.83. The lowest BCUT2D eigenvalue weighted by molar-refractivity contribution is -0.0344. The first-order valence-electron chi connectivity index (χ1n) is 4.33. The van der Waals surface area contributed by atoms with Crippen LogP contribution in [0, 0.1) is 0 Å². The number of hydrogen-bond donors (Lipinski definition) is 0. The Labute approximate surface area is 83.0 Å². The van der Waals surface area contributed by atoms with E-state index >= 15 is 0 Å². The summed E-state index contributed by atoms with van der Waals surface area (Å²) >= 11 is 0. The second kappa shape index (κ2) is 3.05. The third-order valence-electron chi connectivity index (χ3n) is 2.55. The average molecular weight is 220 g/mol. The van der Waals surface area contributed by atoms with Crippen molar-refractivity contribution in [3.05, 3.63) is 0 Å². The van der Waals surface area contributed by atoms with Crippen molar-refractivity contribution >= 4 is 15.4 Å². The van der Waals surface area contributed by atoms with Gasteiger partial charge in [0.15, 0.2) is 5.67 Å². The van der Waals surface area contributed by atoms with E-state index in [-0.39, 0.29) is 6.61 Å². The molecular formula is C7H11BFO4P. The zero-order valence-electron chi connectivity index (χ0n) is 7.97. The number of ether oxygens (including phenoxy) is 1. The van der Waals surface area contributed by atoms with Crippen molar-refractivity contribution < 1.29 is 22.7 Å². The highest BCUT2D eigenvalue weighted by Gasteiger charge is 2.57. The average Bonchev–Trinajstić information content (AvgIpc) is 2.26. The Bertz CT molecular complexity index is 297. The van der Waals surface area contributed by atoms with Crippen LogP contribution in [0.3, 0.4) is 0 Å². The van der Waals surface area contributed by atoms with Crippen LogP contribution in [0.2, 0.25) is 0 Å². The van der Waals surface area contributed by atoms with Gasteiger partial charge in [0, 0.05) is 6.66 Å². The summed E-state index contributed by atoms with van der Waals surface area (Å²) in [6, 6.07) is -1.06. The minimum atomic E-state index is -3.14.